The number of hydrogen-bond donors (Lipinski definition) is 4. The van der Waals surface area contributed by atoms with Crippen LogP contribution in [-0.4, -0.2) is 38.3 Å². The molecule has 152 valence electrons. The van der Waals surface area contributed by atoms with Crippen molar-refractivity contribution >= 4 is 12.0 Å². The van der Waals surface area contributed by atoms with Gasteiger partial charge in [-0.25, -0.2) is 9.78 Å². The second-order valence-corrected chi connectivity index (χ2v) is 7.05. The van der Waals surface area contributed by atoms with Gasteiger partial charge in [-0.05, 0) is 31.7 Å². The molecule has 0 saturated carbocycles. The highest BCUT2D eigenvalue weighted by Crippen LogP contribution is 2.16. The van der Waals surface area contributed by atoms with Crippen molar-refractivity contribution < 1.29 is 14.7 Å². The standard InChI is InChI=1S/C20H29N5O3/c1-4-13(2)18-23-19(25-24-18)14(3)21-20(28)22-16(10-11-17(26)27)12-15-8-6-5-7-9-15/h5-9,13-14,16H,4,10-12H2,1-3H3,(H,26,27)(H2,21,22,28)(H,23,24,25). The summed E-state index contributed by atoms with van der Waals surface area (Å²) in [6, 6.07) is 8.69. The fourth-order valence-electron chi connectivity index (χ4n) is 2.80. The molecule has 0 radical (unpaired) electrons. The third-order valence-electron chi connectivity index (χ3n) is 4.70. The highest BCUT2D eigenvalue weighted by atomic mass is 16.4. The van der Waals surface area contributed by atoms with Crippen LogP contribution in [0.3, 0.4) is 0 Å². The van der Waals surface area contributed by atoms with Gasteiger partial charge in [-0.15, -0.1) is 0 Å². The summed E-state index contributed by atoms with van der Waals surface area (Å²) < 4.78 is 0. The van der Waals surface area contributed by atoms with Crippen molar-refractivity contribution in [1.29, 1.82) is 0 Å². The van der Waals surface area contributed by atoms with Crippen molar-refractivity contribution in [3.05, 3.63) is 47.5 Å². The lowest BCUT2D eigenvalue weighted by Gasteiger charge is -2.20. The average Bonchev–Trinajstić information content (AvgIpc) is 3.16. The lowest BCUT2D eigenvalue weighted by molar-refractivity contribution is -0.137. The fraction of sp³-hybridized carbons (Fsp3) is 0.500. The first kappa shape index (κ1) is 21.4. The lowest BCUT2D eigenvalue weighted by Crippen LogP contribution is -2.44. The summed E-state index contributed by atoms with van der Waals surface area (Å²) in [4.78, 5) is 27.8. The van der Waals surface area contributed by atoms with Gasteiger partial charge in [0.2, 0.25) is 0 Å². The minimum Gasteiger partial charge on any atom is -0.481 e. The summed E-state index contributed by atoms with van der Waals surface area (Å²) in [5.41, 5.74) is 1.04. The summed E-state index contributed by atoms with van der Waals surface area (Å²) in [6.07, 6.45) is 1.85. The largest absolute Gasteiger partial charge is 0.481 e. The van der Waals surface area contributed by atoms with Crippen LogP contribution in [0.1, 0.15) is 69.2 Å². The molecule has 0 saturated heterocycles. The summed E-state index contributed by atoms with van der Waals surface area (Å²) in [6.45, 7) is 5.94. The molecule has 2 aromatic rings. The number of H-pyrrole nitrogens is 1. The molecule has 0 aliphatic rings. The molecule has 0 aliphatic carbocycles. The number of carbonyl (C=O) groups is 2. The van der Waals surface area contributed by atoms with E-state index in [2.05, 4.69) is 32.7 Å². The molecule has 1 heterocycles. The Bertz CT molecular complexity index is 762. The van der Waals surface area contributed by atoms with E-state index in [4.69, 9.17) is 5.11 Å². The molecule has 3 atom stereocenters. The minimum atomic E-state index is -0.882. The van der Waals surface area contributed by atoms with Crippen molar-refractivity contribution in [3.63, 3.8) is 0 Å². The Labute approximate surface area is 165 Å². The molecule has 0 aliphatic heterocycles. The number of amides is 2. The lowest BCUT2D eigenvalue weighted by atomic mass is 10.0. The van der Waals surface area contributed by atoms with Crippen molar-refractivity contribution in [2.45, 2.75) is 64.5 Å². The second-order valence-electron chi connectivity index (χ2n) is 7.05. The fourth-order valence-corrected chi connectivity index (χ4v) is 2.80. The summed E-state index contributed by atoms with van der Waals surface area (Å²) in [7, 11) is 0. The topological polar surface area (TPSA) is 120 Å². The van der Waals surface area contributed by atoms with Crippen LogP contribution in [0.25, 0.3) is 0 Å². The van der Waals surface area contributed by atoms with Crippen molar-refractivity contribution in [2.75, 3.05) is 0 Å². The molecule has 8 nitrogen and oxygen atoms in total. The number of carboxylic acids is 1. The van der Waals surface area contributed by atoms with E-state index < -0.39 is 5.97 Å². The predicted octanol–water partition coefficient (Wildman–Crippen LogP) is 3.15. The Kier molecular flexibility index (Phi) is 7.98. The van der Waals surface area contributed by atoms with Gasteiger partial charge in [-0.2, -0.15) is 5.10 Å². The second kappa shape index (κ2) is 10.4. The first-order valence-electron chi connectivity index (χ1n) is 9.64. The number of aromatic amines is 1. The number of hydrogen-bond acceptors (Lipinski definition) is 4. The maximum absolute atomic E-state index is 12.4. The van der Waals surface area contributed by atoms with Gasteiger partial charge < -0.3 is 15.7 Å². The van der Waals surface area contributed by atoms with E-state index in [0.717, 1.165) is 17.8 Å². The molecule has 0 bridgehead atoms. The maximum Gasteiger partial charge on any atom is 0.315 e. The zero-order valence-corrected chi connectivity index (χ0v) is 16.6. The number of carboxylic acid groups (broad SMARTS) is 1. The Balaban J connectivity index is 1.95. The number of carbonyl (C=O) groups excluding carboxylic acids is 1. The number of rotatable bonds is 10. The Hall–Kier alpha value is -2.90. The molecular weight excluding hydrogens is 358 g/mol. The molecule has 0 fully saturated rings. The first-order valence-corrected chi connectivity index (χ1v) is 9.64. The molecule has 28 heavy (non-hydrogen) atoms. The van der Waals surface area contributed by atoms with Crippen molar-refractivity contribution in [2.24, 2.45) is 0 Å². The van der Waals surface area contributed by atoms with E-state index in [1.54, 1.807) is 0 Å². The van der Waals surface area contributed by atoms with Crippen molar-refractivity contribution in [1.82, 2.24) is 25.8 Å². The zero-order valence-electron chi connectivity index (χ0n) is 16.6. The van der Waals surface area contributed by atoms with Gasteiger partial charge in [-0.1, -0.05) is 44.2 Å². The van der Waals surface area contributed by atoms with Crippen LogP contribution in [0, 0.1) is 0 Å². The molecule has 1 aromatic heterocycles. The Morgan fingerprint density at radius 1 is 1.18 bits per heavy atom. The zero-order chi connectivity index (χ0) is 20.5. The van der Waals surface area contributed by atoms with Gasteiger partial charge in [0, 0.05) is 18.4 Å². The third kappa shape index (κ3) is 6.68. The molecule has 1 aromatic carbocycles. The maximum atomic E-state index is 12.4. The number of aromatic nitrogens is 3. The quantitative estimate of drug-likeness (QED) is 0.499. The molecule has 2 rings (SSSR count). The molecule has 3 unspecified atom stereocenters. The summed E-state index contributed by atoms with van der Waals surface area (Å²) in [5.74, 6) is 0.690. The monoisotopic (exact) mass is 387 g/mol. The van der Waals surface area contributed by atoms with Crippen LogP contribution in [0.2, 0.25) is 0 Å². The first-order chi connectivity index (χ1) is 13.4. The van der Waals surface area contributed by atoms with E-state index in [9.17, 15) is 9.59 Å². The van der Waals surface area contributed by atoms with Crippen LogP contribution >= 0.6 is 0 Å². The smallest absolute Gasteiger partial charge is 0.315 e. The SMILES string of the molecule is CCC(C)c1n[nH]c(C(C)NC(=O)NC(CCC(=O)O)Cc2ccccc2)n1. The number of aliphatic carboxylic acids is 1. The van der Waals surface area contributed by atoms with Crippen LogP contribution in [0.15, 0.2) is 30.3 Å². The van der Waals surface area contributed by atoms with Gasteiger partial charge in [0.25, 0.3) is 0 Å². The number of benzene rings is 1. The molecule has 2 amide bonds. The highest BCUT2D eigenvalue weighted by molar-refractivity contribution is 5.74. The third-order valence-corrected chi connectivity index (χ3v) is 4.70. The van der Waals surface area contributed by atoms with Crippen LogP contribution < -0.4 is 10.6 Å². The highest BCUT2D eigenvalue weighted by Gasteiger charge is 2.19. The van der Waals surface area contributed by atoms with E-state index >= 15 is 0 Å². The normalized spacial score (nSPS) is 14.1. The van der Waals surface area contributed by atoms with E-state index in [0.29, 0.717) is 18.7 Å². The Morgan fingerprint density at radius 2 is 1.89 bits per heavy atom. The van der Waals surface area contributed by atoms with E-state index in [-0.39, 0.29) is 30.5 Å². The molecule has 4 N–H and O–H groups in total. The van der Waals surface area contributed by atoms with Crippen LogP contribution in [0.4, 0.5) is 4.79 Å². The van der Waals surface area contributed by atoms with Gasteiger partial charge in [0.05, 0.1) is 6.04 Å². The molecule has 8 heteroatoms. The van der Waals surface area contributed by atoms with E-state index in [1.165, 1.54) is 0 Å². The Morgan fingerprint density at radius 3 is 2.54 bits per heavy atom. The van der Waals surface area contributed by atoms with Crippen LogP contribution in [-0.2, 0) is 11.2 Å². The summed E-state index contributed by atoms with van der Waals surface area (Å²) >= 11 is 0. The van der Waals surface area contributed by atoms with Gasteiger partial charge in [-0.3, -0.25) is 9.89 Å². The van der Waals surface area contributed by atoms with Crippen molar-refractivity contribution in [3.8, 4) is 0 Å². The van der Waals surface area contributed by atoms with Gasteiger partial charge in [0.1, 0.15) is 5.82 Å². The van der Waals surface area contributed by atoms with Crippen LogP contribution in [0.5, 0.6) is 0 Å². The van der Waals surface area contributed by atoms with E-state index in [1.807, 2.05) is 44.2 Å². The minimum absolute atomic E-state index is 0.00625. The van der Waals surface area contributed by atoms with Gasteiger partial charge >= 0.3 is 12.0 Å². The molecular formula is C20H29N5O3. The number of nitrogens with one attached hydrogen (secondary N) is 3. The summed E-state index contributed by atoms with van der Waals surface area (Å²) in [5, 5.41) is 21.8. The molecule has 0 spiro atoms. The number of nitrogens with zero attached hydrogens (tertiary/aromatic N) is 2. The van der Waals surface area contributed by atoms with Gasteiger partial charge in [0.15, 0.2) is 5.82 Å². The predicted molar refractivity (Wildman–Crippen MR) is 106 cm³/mol. The average molecular weight is 387 g/mol. The number of urea groups is 1.